The number of oxime groups is 1. The number of fused-ring (bicyclic) bond motifs is 1. The Hall–Kier alpha value is -2.02. The molecule has 4 rings (SSSR count). The molecule has 18 heteroatoms. The van der Waals surface area contributed by atoms with Gasteiger partial charge in [-0.15, -0.1) is 34.4 Å². The Balaban J connectivity index is 0.00000361. The third-order valence-electron chi connectivity index (χ3n) is 4.86. The van der Waals surface area contributed by atoms with E-state index in [1.807, 2.05) is 0 Å². The number of carbonyl (C=O) groups excluding carboxylic acids is 1. The van der Waals surface area contributed by atoms with Gasteiger partial charge in [-0.05, 0) is 12.5 Å². The smallest absolute Gasteiger partial charge is 0.857 e. The van der Waals surface area contributed by atoms with Crippen LogP contribution in [0.25, 0.3) is 0 Å². The van der Waals surface area contributed by atoms with E-state index in [9.17, 15) is 28.2 Å². The predicted molar refractivity (Wildman–Crippen MR) is 128 cm³/mol. The largest absolute Gasteiger partial charge is 1.00 e. The summed E-state index contributed by atoms with van der Waals surface area (Å²) in [7, 11) is -2.68. The number of aliphatic imine (C=N–C) groups is 1. The maximum absolute atomic E-state index is 12.9. The van der Waals surface area contributed by atoms with E-state index in [4.69, 9.17) is 5.73 Å². The zero-order valence-corrected chi connectivity index (χ0v) is 24.3. The van der Waals surface area contributed by atoms with Crippen LogP contribution in [0.4, 0.5) is 5.13 Å². The summed E-state index contributed by atoms with van der Waals surface area (Å²) < 4.78 is 25.4. The first-order valence-corrected chi connectivity index (χ1v) is 14.1. The summed E-state index contributed by atoms with van der Waals surface area (Å²) >= 11 is 3.13. The Morgan fingerprint density at radius 1 is 1.36 bits per heavy atom. The molecule has 0 aliphatic carbocycles. The standard InChI is InChI=1S/C18H18N6O7S4.Na/c1-7-3-34-18(20-7)35(29,30)6-8-4-32-15-11(14(26)24(15)12(8)16(27)28)22-13(25)10(23-31-2)9-5-33-17(19)21-9;/h3,5,11,15H,4,6H2,1-2H3,(H2,19,21)(H,22,25)(H,27,28);/q;+1/p-1/b23-10+;/t11-,15-;/m1./s1. The van der Waals surface area contributed by atoms with Crippen LogP contribution in [0.15, 0.2) is 36.5 Å². The number of hydrogen-bond acceptors (Lipinski definition) is 14. The molecule has 1 amide bonds. The van der Waals surface area contributed by atoms with Crippen LogP contribution in [0.1, 0.15) is 11.4 Å². The van der Waals surface area contributed by atoms with Gasteiger partial charge in [0.1, 0.15) is 29.6 Å². The van der Waals surface area contributed by atoms with Crippen molar-refractivity contribution >= 4 is 72.9 Å². The van der Waals surface area contributed by atoms with Gasteiger partial charge in [0.2, 0.25) is 14.2 Å². The van der Waals surface area contributed by atoms with Crippen molar-refractivity contribution in [2.75, 3.05) is 24.3 Å². The molecule has 3 N–H and O–H groups in total. The van der Waals surface area contributed by atoms with Gasteiger partial charge in [0.25, 0.3) is 5.91 Å². The molecule has 186 valence electrons. The zero-order chi connectivity index (χ0) is 25.5. The number of hydrogen-bond donors (Lipinski definition) is 2. The number of nitrogens with zero attached hydrogens (tertiary/aromatic N) is 5. The number of anilines is 1. The van der Waals surface area contributed by atoms with Crippen LogP contribution in [0.2, 0.25) is 0 Å². The number of carboxylic acids is 1. The molecule has 0 radical (unpaired) electrons. The molecule has 13 nitrogen and oxygen atoms in total. The second-order valence-corrected chi connectivity index (χ2v) is 12.3. The second-order valence-electron chi connectivity index (χ2n) is 7.25. The van der Waals surface area contributed by atoms with Gasteiger partial charge in [0, 0.05) is 28.1 Å². The molecular formula is C18H17N6NaO7S4. The molecule has 2 aliphatic heterocycles. The van der Waals surface area contributed by atoms with Crippen molar-refractivity contribution < 1.29 is 62.6 Å². The van der Waals surface area contributed by atoms with Crippen molar-refractivity contribution in [2.24, 2.45) is 10.1 Å². The van der Waals surface area contributed by atoms with Gasteiger partial charge in [-0.25, -0.2) is 23.2 Å². The number of sulfone groups is 1. The zero-order valence-electron chi connectivity index (χ0n) is 19.1. The van der Waals surface area contributed by atoms with Crippen molar-refractivity contribution in [1.82, 2.24) is 14.9 Å². The number of aryl methyl sites for hydroxylation is 1. The van der Waals surface area contributed by atoms with Crippen molar-refractivity contribution in [1.29, 1.82) is 0 Å². The number of rotatable bonds is 8. The molecule has 2 atom stereocenters. The third-order valence-corrected chi connectivity index (χ3v) is 10.0. The van der Waals surface area contributed by atoms with Gasteiger partial charge in [0.05, 0.1) is 5.75 Å². The van der Waals surface area contributed by atoms with Gasteiger partial charge in [0.15, 0.2) is 11.2 Å². The van der Waals surface area contributed by atoms with E-state index in [0.717, 1.165) is 39.3 Å². The van der Waals surface area contributed by atoms with Crippen LogP contribution < -0.4 is 40.4 Å². The molecule has 2 aliphatic rings. The maximum atomic E-state index is 12.9. The summed E-state index contributed by atoms with van der Waals surface area (Å²) in [6.45, 7) is 1.65. The molecule has 2 aromatic heterocycles. The fraction of sp³-hybridized carbons (Fsp3) is 0.333. The monoisotopic (exact) mass is 580 g/mol. The molecule has 0 bridgehead atoms. The molecule has 1 saturated heterocycles. The Bertz CT molecular complexity index is 1400. The minimum absolute atomic E-state index is 0. The van der Waals surface area contributed by atoms with Crippen molar-refractivity contribution in [3.63, 3.8) is 0 Å². The molecule has 0 spiro atoms. The summed E-state index contributed by atoms with van der Waals surface area (Å²) in [6.07, 6.45) is 0. The first-order valence-electron chi connectivity index (χ1n) is 9.66. The quantitative estimate of drug-likeness (QED) is 0.104. The maximum Gasteiger partial charge on any atom is 1.00 e. The normalized spacial score (nSPS) is 20.5. The Morgan fingerprint density at radius 3 is 2.64 bits per heavy atom. The van der Waals surface area contributed by atoms with E-state index in [2.05, 4.69) is 25.0 Å². The topological polar surface area (TPSA) is 201 Å². The number of nitrogen functional groups attached to an aromatic ring is 1. The van der Waals surface area contributed by atoms with Crippen molar-refractivity contribution in [3.05, 3.63) is 33.4 Å². The molecule has 0 saturated carbocycles. The van der Waals surface area contributed by atoms with E-state index in [1.165, 1.54) is 12.5 Å². The summed E-state index contributed by atoms with van der Waals surface area (Å²) in [4.78, 5) is 42.4. The molecule has 0 aromatic carbocycles. The molecule has 4 heterocycles. The molecule has 36 heavy (non-hydrogen) atoms. The number of nitrogens with two attached hydrogens (primary N) is 1. The first kappa shape index (κ1) is 28.5. The van der Waals surface area contributed by atoms with E-state index in [0.29, 0.717) is 5.69 Å². The van der Waals surface area contributed by atoms with Crippen LogP contribution >= 0.6 is 34.4 Å². The van der Waals surface area contributed by atoms with Gasteiger partial charge in [-0.3, -0.25) is 14.7 Å². The molecule has 2 aromatic rings. The van der Waals surface area contributed by atoms with Crippen LogP contribution in [-0.2, 0) is 24.3 Å². The number of thiazole rings is 2. The minimum atomic E-state index is -3.91. The number of carboxylic acid groups (broad SMARTS) is 1. The van der Waals surface area contributed by atoms with Gasteiger partial charge < -0.3 is 20.8 Å². The number of aliphatic carboxylic acids is 1. The fourth-order valence-electron chi connectivity index (χ4n) is 3.40. The van der Waals surface area contributed by atoms with E-state index in [1.54, 1.807) is 12.3 Å². The van der Waals surface area contributed by atoms with Crippen molar-refractivity contribution in [2.45, 2.75) is 22.7 Å². The van der Waals surface area contributed by atoms with Gasteiger partial charge in [-0.1, -0.05) is 5.16 Å². The Morgan fingerprint density at radius 2 is 2.08 bits per heavy atom. The van der Waals surface area contributed by atoms with Crippen molar-refractivity contribution in [3.8, 4) is 0 Å². The number of aromatic nitrogens is 2. The minimum Gasteiger partial charge on any atom is -0.857 e. The van der Waals surface area contributed by atoms with E-state index in [-0.39, 0.29) is 61.8 Å². The van der Waals surface area contributed by atoms with Gasteiger partial charge >= 0.3 is 35.5 Å². The summed E-state index contributed by atoms with van der Waals surface area (Å²) in [5.41, 5.74) is 5.63. The van der Waals surface area contributed by atoms with Gasteiger partial charge in [-0.2, -0.15) is 0 Å². The molecular weight excluding hydrogens is 563 g/mol. The number of amides is 1. The van der Waals surface area contributed by atoms with Crippen LogP contribution in [-0.4, -0.2) is 81.9 Å². The first-order chi connectivity index (χ1) is 16.5. The fourth-order valence-corrected chi connectivity index (χ4v) is 7.93. The summed E-state index contributed by atoms with van der Waals surface area (Å²) in [5, 5.41) is 28.6. The number of carbonyl (C=O) groups is 2. The third kappa shape index (κ3) is 5.46. The molecule has 0 unspecified atom stereocenters. The summed E-state index contributed by atoms with van der Waals surface area (Å²) in [6, 6.07) is -1.18. The van der Waals surface area contributed by atoms with Crippen LogP contribution in [0.5, 0.6) is 0 Å². The molecule has 1 fully saturated rings. The average Bonchev–Trinajstić information content (AvgIpc) is 3.43. The summed E-state index contributed by atoms with van der Waals surface area (Å²) in [5.74, 6) is -3.66. The Labute approximate surface area is 239 Å². The van der Waals surface area contributed by atoms with E-state index >= 15 is 0 Å². The Kier molecular flexibility index (Phi) is 8.85. The van der Waals surface area contributed by atoms with E-state index < -0.39 is 50.5 Å². The predicted octanol–water partition coefficient (Wildman–Crippen LogP) is -3.30. The van der Waals surface area contributed by atoms with Crippen LogP contribution in [0, 0.1) is 6.92 Å². The SMILES string of the molecule is CO/N=C(/C([O-])=N[C@@H]1C(=O)N2C(C(=O)O)=C(CS(=O)(=O)c3nc(C)cs3)CS[C@H]12)c1csc(N)n1.[Na+]. The average molecular weight is 581 g/mol. The number of thioether (sulfide) groups is 1. The van der Waals surface area contributed by atoms with Crippen LogP contribution in [0.3, 0.4) is 0 Å². The second kappa shape index (κ2) is 11.2. The number of β-lactam (4-membered cyclic amide) rings is 1.